The van der Waals surface area contributed by atoms with Crippen LogP contribution in [0.1, 0.15) is 36.1 Å². The van der Waals surface area contributed by atoms with E-state index in [0.717, 1.165) is 24.1 Å². The minimum Gasteiger partial charge on any atom is -0.306 e. The Morgan fingerprint density at radius 1 is 1.10 bits per heavy atom. The quantitative estimate of drug-likeness (QED) is 0.828. The SMILES string of the molecule is CCCNC(c1ccccc1F)c1cccc(C)c1Cl. The number of benzene rings is 2. The van der Waals surface area contributed by atoms with Crippen LogP contribution in [0.5, 0.6) is 0 Å². The molecule has 1 atom stereocenters. The van der Waals surface area contributed by atoms with Crippen molar-refractivity contribution in [2.24, 2.45) is 0 Å². The Balaban J connectivity index is 2.47. The van der Waals surface area contributed by atoms with Crippen molar-refractivity contribution >= 4 is 11.6 Å². The Kier molecular flexibility index (Phi) is 5.16. The van der Waals surface area contributed by atoms with E-state index < -0.39 is 0 Å². The first-order valence-corrected chi connectivity index (χ1v) is 7.25. The van der Waals surface area contributed by atoms with E-state index in [1.807, 2.05) is 31.2 Å². The van der Waals surface area contributed by atoms with E-state index in [2.05, 4.69) is 12.2 Å². The number of rotatable bonds is 5. The van der Waals surface area contributed by atoms with Gasteiger partial charge in [0.1, 0.15) is 5.82 Å². The Hall–Kier alpha value is -1.38. The molecule has 0 heterocycles. The van der Waals surface area contributed by atoms with Crippen LogP contribution in [0.25, 0.3) is 0 Å². The smallest absolute Gasteiger partial charge is 0.128 e. The van der Waals surface area contributed by atoms with Gasteiger partial charge in [0.2, 0.25) is 0 Å². The zero-order valence-electron chi connectivity index (χ0n) is 11.8. The van der Waals surface area contributed by atoms with E-state index >= 15 is 0 Å². The van der Waals surface area contributed by atoms with Crippen molar-refractivity contribution in [3.8, 4) is 0 Å². The molecule has 2 aromatic rings. The molecule has 0 saturated heterocycles. The van der Waals surface area contributed by atoms with Crippen molar-refractivity contribution in [2.45, 2.75) is 26.3 Å². The standard InChI is InChI=1S/C17H19ClFN/c1-3-11-20-17(13-8-4-5-10-15(13)19)14-9-6-7-12(2)16(14)18/h4-10,17,20H,3,11H2,1-2H3. The van der Waals surface area contributed by atoms with Gasteiger partial charge in [-0.15, -0.1) is 0 Å². The van der Waals surface area contributed by atoms with E-state index in [0.29, 0.717) is 10.6 Å². The molecule has 0 aromatic heterocycles. The van der Waals surface area contributed by atoms with Gasteiger partial charge in [-0.2, -0.15) is 0 Å². The number of aryl methyl sites for hydroxylation is 1. The van der Waals surface area contributed by atoms with Crippen LogP contribution in [0, 0.1) is 12.7 Å². The average molecular weight is 292 g/mol. The zero-order chi connectivity index (χ0) is 14.5. The van der Waals surface area contributed by atoms with Crippen molar-refractivity contribution in [3.63, 3.8) is 0 Å². The number of nitrogens with one attached hydrogen (secondary N) is 1. The molecule has 2 aromatic carbocycles. The van der Waals surface area contributed by atoms with Gasteiger partial charge < -0.3 is 5.32 Å². The maximum Gasteiger partial charge on any atom is 0.128 e. The van der Waals surface area contributed by atoms with Crippen molar-refractivity contribution in [1.29, 1.82) is 0 Å². The maximum atomic E-state index is 14.1. The first-order chi connectivity index (χ1) is 9.65. The second kappa shape index (κ2) is 6.87. The van der Waals surface area contributed by atoms with E-state index in [4.69, 9.17) is 11.6 Å². The molecule has 0 radical (unpaired) electrons. The Morgan fingerprint density at radius 2 is 1.80 bits per heavy atom. The van der Waals surface area contributed by atoms with Gasteiger partial charge in [-0.25, -0.2) is 4.39 Å². The number of hydrogen-bond donors (Lipinski definition) is 1. The highest BCUT2D eigenvalue weighted by molar-refractivity contribution is 6.32. The third-order valence-electron chi connectivity index (χ3n) is 3.35. The van der Waals surface area contributed by atoms with Crippen LogP contribution in [0.4, 0.5) is 4.39 Å². The molecular weight excluding hydrogens is 273 g/mol. The van der Waals surface area contributed by atoms with Crippen molar-refractivity contribution in [2.75, 3.05) is 6.54 Å². The normalized spacial score (nSPS) is 12.4. The second-order valence-corrected chi connectivity index (χ2v) is 5.26. The highest BCUT2D eigenvalue weighted by Crippen LogP contribution is 2.31. The molecule has 106 valence electrons. The van der Waals surface area contributed by atoms with Gasteiger partial charge in [0.15, 0.2) is 0 Å². The Labute approximate surface area is 124 Å². The summed E-state index contributed by atoms with van der Waals surface area (Å²) in [5, 5.41) is 4.08. The fraction of sp³-hybridized carbons (Fsp3) is 0.294. The fourth-order valence-electron chi connectivity index (χ4n) is 2.28. The third-order valence-corrected chi connectivity index (χ3v) is 3.86. The number of halogens is 2. The summed E-state index contributed by atoms with van der Waals surface area (Å²) in [5.41, 5.74) is 2.56. The van der Waals surface area contributed by atoms with Gasteiger partial charge in [0, 0.05) is 10.6 Å². The predicted octanol–water partition coefficient (Wildman–Crippen LogP) is 4.88. The lowest BCUT2D eigenvalue weighted by atomic mass is 9.96. The molecule has 1 nitrogen and oxygen atoms in total. The highest BCUT2D eigenvalue weighted by atomic mass is 35.5. The molecule has 0 amide bonds. The molecule has 3 heteroatoms. The minimum atomic E-state index is -0.219. The lowest BCUT2D eigenvalue weighted by molar-refractivity contribution is 0.546. The predicted molar refractivity (Wildman–Crippen MR) is 82.7 cm³/mol. The van der Waals surface area contributed by atoms with E-state index in [1.54, 1.807) is 12.1 Å². The lowest BCUT2D eigenvalue weighted by Crippen LogP contribution is -2.24. The first-order valence-electron chi connectivity index (χ1n) is 6.88. The van der Waals surface area contributed by atoms with Crippen LogP contribution in [0.2, 0.25) is 5.02 Å². The average Bonchev–Trinajstić information content (AvgIpc) is 2.45. The van der Waals surface area contributed by atoms with Gasteiger partial charge in [0.25, 0.3) is 0 Å². The molecular formula is C17H19ClFN. The molecule has 1 unspecified atom stereocenters. The van der Waals surface area contributed by atoms with Gasteiger partial charge in [-0.05, 0) is 37.1 Å². The van der Waals surface area contributed by atoms with E-state index in [-0.39, 0.29) is 11.9 Å². The topological polar surface area (TPSA) is 12.0 Å². The van der Waals surface area contributed by atoms with Gasteiger partial charge in [-0.3, -0.25) is 0 Å². The monoisotopic (exact) mass is 291 g/mol. The summed E-state index contributed by atoms with van der Waals surface area (Å²) >= 11 is 6.41. The van der Waals surface area contributed by atoms with Gasteiger partial charge in [-0.1, -0.05) is 54.9 Å². The van der Waals surface area contributed by atoms with Crippen LogP contribution in [-0.2, 0) is 0 Å². The highest BCUT2D eigenvalue weighted by Gasteiger charge is 2.19. The molecule has 0 spiro atoms. The molecule has 0 fully saturated rings. The third kappa shape index (κ3) is 3.20. The number of hydrogen-bond acceptors (Lipinski definition) is 1. The molecule has 1 N–H and O–H groups in total. The summed E-state index contributed by atoms with van der Waals surface area (Å²) in [4.78, 5) is 0. The Bertz CT molecular complexity index is 583. The molecule has 0 bridgehead atoms. The summed E-state index contributed by atoms with van der Waals surface area (Å²) in [5.74, 6) is -0.210. The zero-order valence-corrected chi connectivity index (χ0v) is 12.5. The van der Waals surface area contributed by atoms with E-state index in [9.17, 15) is 4.39 Å². The summed E-state index contributed by atoms with van der Waals surface area (Å²) in [6.07, 6.45) is 0.981. The molecule has 0 aliphatic rings. The Morgan fingerprint density at radius 3 is 2.50 bits per heavy atom. The first kappa shape index (κ1) is 15.0. The van der Waals surface area contributed by atoms with Crippen LogP contribution < -0.4 is 5.32 Å². The summed E-state index contributed by atoms with van der Waals surface area (Å²) in [6, 6.07) is 12.5. The molecule has 0 aliphatic heterocycles. The van der Waals surface area contributed by atoms with Gasteiger partial charge >= 0.3 is 0 Å². The fourth-order valence-corrected chi connectivity index (χ4v) is 2.51. The van der Waals surface area contributed by atoms with Crippen LogP contribution in [0.3, 0.4) is 0 Å². The largest absolute Gasteiger partial charge is 0.306 e. The van der Waals surface area contributed by atoms with Crippen molar-refractivity contribution in [3.05, 3.63) is 70.0 Å². The van der Waals surface area contributed by atoms with Crippen molar-refractivity contribution < 1.29 is 4.39 Å². The molecule has 2 rings (SSSR count). The minimum absolute atomic E-state index is 0.210. The van der Waals surface area contributed by atoms with Gasteiger partial charge in [0.05, 0.1) is 6.04 Å². The van der Waals surface area contributed by atoms with Crippen LogP contribution in [0.15, 0.2) is 42.5 Å². The van der Waals surface area contributed by atoms with Crippen LogP contribution >= 0.6 is 11.6 Å². The van der Waals surface area contributed by atoms with Crippen molar-refractivity contribution in [1.82, 2.24) is 5.32 Å². The molecule has 0 aliphatic carbocycles. The molecule has 0 saturated carbocycles. The van der Waals surface area contributed by atoms with E-state index in [1.165, 1.54) is 6.07 Å². The van der Waals surface area contributed by atoms with Crippen LogP contribution in [-0.4, -0.2) is 6.54 Å². The second-order valence-electron chi connectivity index (χ2n) is 4.89. The molecule has 20 heavy (non-hydrogen) atoms. The summed E-state index contributed by atoms with van der Waals surface area (Å²) in [6.45, 7) is 4.86. The summed E-state index contributed by atoms with van der Waals surface area (Å²) in [7, 11) is 0. The summed E-state index contributed by atoms with van der Waals surface area (Å²) < 4.78 is 14.1. The lowest BCUT2D eigenvalue weighted by Gasteiger charge is -2.22. The maximum absolute atomic E-state index is 14.1.